The molecule has 2 rings (SSSR count). The Labute approximate surface area is 105 Å². The summed E-state index contributed by atoms with van der Waals surface area (Å²) in [5, 5.41) is 12.1. The van der Waals surface area contributed by atoms with Crippen molar-refractivity contribution in [2.24, 2.45) is 0 Å². The van der Waals surface area contributed by atoms with Gasteiger partial charge in [-0.1, -0.05) is 0 Å². The van der Waals surface area contributed by atoms with Crippen LogP contribution >= 0.6 is 0 Å². The van der Waals surface area contributed by atoms with E-state index in [0.717, 1.165) is 6.42 Å². The molecule has 18 heavy (non-hydrogen) atoms. The maximum absolute atomic E-state index is 11.2. The first-order valence-electron chi connectivity index (χ1n) is 6.03. The topological polar surface area (TPSA) is 84.3 Å². The molecule has 1 aliphatic rings. The molecule has 0 spiro atoms. The summed E-state index contributed by atoms with van der Waals surface area (Å²) in [6, 6.07) is 1.65. The Bertz CT molecular complexity index is 444. The fourth-order valence-corrected chi connectivity index (χ4v) is 1.85. The molecule has 6 heteroatoms. The first kappa shape index (κ1) is 12.6. The number of nitrogens with one attached hydrogen (secondary N) is 1. The van der Waals surface area contributed by atoms with E-state index in [2.05, 4.69) is 15.3 Å². The number of carboxylic acid groups (broad SMARTS) is 1. The Morgan fingerprint density at radius 2 is 2.28 bits per heavy atom. The zero-order valence-corrected chi connectivity index (χ0v) is 10.5. The van der Waals surface area contributed by atoms with Crippen molar-refractivity contribution in [3.05, 3.63) is 12.3 Å². The normalized spacial score (nSPS) is 17.1. The van der Waals surface area contributed by atoms with Gasteiger partial charge in [-0.2, -0.15) is 4.98 Å². The summed E-state index contributed by atoms with van der Waals surface area (Å²) in [5.74, 6) is -0.106. The molecule has 0 amide bonds. The number of hydrogen-bond acceptors (Lipinski definition) is 5. The van der Waals surface area contributed by atoms with E-state index in [1.54, 1.807) is 12.3 Å². The molecule has 0 aromatic carbocycles. The van der Waals surface area contributed by atoms with Gasteiger partial charge in [-0.3, -0.25) is 0 Å². The number of aromatic nitrogens is 2. The fourth-order valence-electron chi connectivity index (χ4n) is 1.85. The number of nitrogens with zero attached hydrogens (tertiary/aromatic N) is 2. The first-order chi connectivity index (χ1) is 8.52. The lowest BCUT2D eigenvalue weighted by atomic mass is 9.77. The van der Waals surface area contributed by atoms with Gasteiger partial charge >= 0.3 is 5.97 Å². The zero-order valence-electron chi connectivity index (χ0n) is 10.5. The lowest BCUT2D eigenvalue weighted by Crippen LogP contribution is -2.52. The van der Waals surface area contributed by atoms with Crippen LogP contribution in [-0.2, 0) is 4.79 Å². The van der Waals surface area contributed by atoms with Gasteiger partial charge in [0.05, 0.1) is 6.10 Å². The van der Waals surface area contributed by atoms with Crippen molar-refractivity contribution in [3.8, 4) is 5.88 Å². The zero-order chi connectivity index (χ0) is 13.2. The van der Waals surface area contributed by atoms with Crippen LogP contribution in [0.15, 0.2) is 12.3 Å². The third-order valence-corrected chi connectivity index (χ3v) is 2.95. The predicted molar refractivity (Wildman–Crippen MR) is 65.6 cm³/mol. The third-order valence-electron chi connectivity index (χ3n) is 2.95. The fraction of sp³-hybridized carbons (Fsp3) is 0.583. The molecular weight excluding hydrogens is 234 g/mol. The highest BCUT2D eigenvalue weighted by molar-refractivity contribution is 5.83. The quantitative estimate of drug-likeness (QED) is 0.828. The van der Waals surface area contributed by atoms with Gasteiger partial charge in [-0.15, -0.1) is 0 Å². The lowest BCUT2D eigenvalue weighted by molar-refractivity contribution is -0.145. The molecule has 0 aliphatic heterocycles. The van der Waals surface area contributed by atoms with E-state index in [-0.39, 0.29) is 6.10 Å². The minimum Gasteiger partial charge on any atom is -0.480 e. The number of ether oxygens (including phenoxy) is 1. The summed E-state index contributed by atoms with van der Waals surface area (Å²) >= 11 is 0. The summed E-state index contributed by atoms with van der Waals surface area (Å²) < 4.78 is 5.44. The van der Waals surface area contributed by atoms with Crippen molar-refractivity contribution in [2.45, 2.75) is 44.8 Å². The van der Waals surface area contributed by atoms with Crippen LogP contribution in [0.3, 0.4) is 0 Å². The van der Waals surface area contributed by atoms with Crippen molar-refractivity contribution in [1.29, 1.82) is 0 Å². The van der Waals surface area contributed by atoms with Crippen LogP contribution in [0.4, 0.5) is 5.95 Å². The van der Waals surface area contributed by atoms with Crippen molar-refractivity contribution in [3.63, 3.8) is 0 Å². The Hall–Kier alpha value is -1.85. The van der Waals surface area contributed by atoms with Gasteiger partial charge < -0.3 is 15.2 Å². The highest BCUT2D eigenvalue weighted by Gasteiger charge is 2.45. The van der Waals surface area contributed by atoms with Crippen molar-refractivity contribution < 1.29 is 14.6 Å². The summed E-state index contributed by atoms with van der Waals surface area (Å²) in [6.45, 7) is 3.81. The first-order valence-corrected chi connectivity index (χ1v) is 6.03. The van der Waals surface area contributed by atoms with Crippen LogP contribution in [-0.4, -0.2) is 32.7 Å². The average molecular weight is 251 g/mol. The molecular formula is C12H17N3O3. The molecule has 1 aromatic heterocycles. The van der Waals surface area contributed by atoms with Crippen LogP contribution in [0.25, 0.3) is 0 Å². The standard InChI is InChI=1S/C12H17N3O3/c1-8(2)18-9-4-7-13-11(14-9)15-12(10(16)17)5-3-6-12/h4,7-8H,3,5-6H2,1-2H3,(H,16,17)(H,13,14,15). The van der Waals surface area contributed by atoms with Crippen LogP contribution in [0.5, 0.6) is 5.88 Å². The van der Waals surface area contributed by atoms with E-state index in [1.165, 1.54) is 0 Å². The van der Waals surface area contributed by atoms with Crippen molar-refractivity contribution in [1.82, 2.24) is 9.97 Å². The second kappa shape index (κ2) is 4.80. The minimum atomic E-state index is -0.906. The molecule has 1 aromatic rings. The molecule has 0 atom stereocenters. The molecule has 1 aliphatic carbocycles. The molecule has 6 nitrogen and oxygen atoms in total. The largest absolute Gasteiger partial charge is 0.480 e. The number of hydrogen-bond donors (Lipinski definition) is 2. The number of carbonyl (C=O) groups is 1. The van der Waals surface area contributed by atoms with Crippen LogP contribution in [0, 0.1) is 0 Å². The number of carboxylic acids is 1. The second-order valence-electron chi connectivity index (χ2n) is 4.75. The van der Waals surface area contributed by atoms with E-state index < -0.39 is 11.5 Å². The summed E-state index contributed by atoms with van der Waals surface area (Å²) in [4.78, 5) is 19.4. The Morgan fingerprint density at radius 3 is 2.78 bits per heavy atom. The highest BCUT2D eigenvalue weighted by atomic mass is 16.5. The number of aliphatic carboxylic acids is 1. The molecule has 98 valence electrons. The number of rotatable bonds is 5. The van der Waals surface area contributed by atoms with Gasteiger partial charge in [0.2, 0.25) is 11.8 Å². The molecule has 2 N–H and O–H groups in total. The second-order valence-corrected chi connectivity index (χ2v) is 4.75. The van der Waals surface area contributed by atoms with E-state index in [1.807, 2.05) is 13.8 Å². The van der Waals surface area contributed by atoms with Gasteiger partial charge in [0.1, 0.15) is 5.54 Å². The van der Waals surface area contributed by atoms with E-state index in [4.69, 9.17) is 4.74 Å². The summed E-state index contributed by atoms with van der Waals surface area (Å²) in [5.41, 5.74) is -0.906. The molecule has 1 heterocycles. The molecule has 0 bridgehead atoms. The lowest BCUT2D eigenvalue weighted by Gasteiger charge is -2.38. The Kier molecular flexibility index (Phi) is 3.36. The average Bonchev–Trinajstić information content (AvgIpc) is 2.22. The van der Waals surface area contributed by atoms with Crippen molar-refractivity contribution in [2.75, 3.05) is 5.32 Å². The van der Waals surface area contributed by atoms with Crippen molar-refractivity contribution >= 4 is 11.9 Å². The molecule has 0 radical (unpaired) electrons. The van der Waals surface area contributed by atoms with Gasteiger partial charge in [0, 0.05) is 12.3 Å². The Balaban J connectivity index is 2.11. The van der Waals surface area contributed by atoms with Gasteiger partial charge in [-0.25, -0.2) is 9.78 Å². The van der Waals surface area contributed by atoms with E-state index >= 15 is 0 Å². The molecule has 0 unspecified atom stereocenters. The summed E-state index contributed by atoms with van der Waals surface area (Å²) in [6.07, 6.45) is 3.68. The maximum Gasteiger partial charge on any atom is 0.329 e. The van der Waals surface area contributed by atoms with Gasteiger partial charge in [0.15, 0.2) is 0 Å². The SMILES string of the molecule is CC(C)Oc1ccnc(NC2(C(=O)O)CCC2)n1. The maximum atomic E-state index is 11.2. The molecule has 1 fully saturated rings. The summed E-state index contributed by atoms with van der Waals surface area (Å²) in [7, 11) is 0. The van der Waals surface area contributed by atoms with Crippen LogP contribution in [0.2, 0.25) is 0 Å². The highest BCUT2D eigenvalue weighted by Crippen LogP contribution is 2.34. The smallest absolute Gasteiger partial charge is 0.329 e. The Morgan fingerprint density at radius 1 is 1.56 bits per heavy atom. The molecule has 0 saturated heterocycles. The van der Waals surface area contributed by atoms with E-state index in [9.17, 15) is 9.90 Å². The van der Waals surface area contributed by atoms with Gasteiger partial charge in [0.25, 0.3) is 0 Å². The number of anilines is 1. The molecule has 1 saturated carbocycles. The van der Waals surface area contributed by atoms with Crippen LogP contribution in [0.1, 0.15) is 33.1 Å². The third kappa shape index (κ3) is 2.52. The van der Waals surface area contributed by atoms with Gasteiger partial charge in [-0.05, 0) is 33.1 Å². The monoisotopic (exact) mass is 251 g/mol. The van der Waals surface area contributed by atoms with E-state index in [0.29, 0.717) is 24.7 Å². The predicted octanol–water partition coefficient (Wildman–Crippen LogP) is 1.68. The van der Waals surface area contributed by atoms with Crippen LogP contribution < -0.4 is 10.1 Å². The minimum absolute atomic E-state index is 0.0184.